The first kappa shape index (κ1) is 18.4. The van der Waals surface area contributed by atoms with Crippen LogP contribution in [0.4, 0.5) is 5.82 Å². The number of methoxy groups -OCH3 is 1. The average molecular weight is 423 g/mol. The number of H-pyrrole nitrogens is 1. The largest absolute Gasteiger partial charge is 0.504 e. The number of nitrogens with one attached hydrogen (secondary N) is 2. The summed E-state index contributed by atoms with van der Waals surface area (Å²) in [6, 6.07) is 5.25. The van der Waals surface area contributed by atoms with Gasteiger partial charge in [0.15, 0.2) is 23.0 Å². The zero-order valence-corrected chi connectivity index (χ0v) is 16.9. The van der Waals surface area contributed by atoms with Gasteiger partial charge in [0, 0.05) is 5.56 Å². The minimum absolute atomic E-state index is 0.0423. The number of aromatic hydroxyl groups is 1. The van der Waals surface area contributed by atoms with E-state index < -0.39 is 0 Å². The van der Waals surface area contributed by atoms with E-state index in [0.717, 1.165) is 16.8 Å². The number of aromatic nitrogens is 6. The van der Waals surface area contributed by atoms with Crippen LogP contribution in [-0.4, -0.2) is 53.6 Å². The van der Waals surface area contributed by atoms with Gasteiger partial charge in [0.2, 0.25) is 5.91 Å². The lowest BCUT2D eigenvalue weighted by Gasteiger charge is -2.16. The highest BCUT2D eigenvalue weighted by atomic mass is 32.2. The standard InChI is InChI=1S/C19H17N7O3S/c1-9-14-16(10-3-4-12(29-2)11(27)5-10)30-6-13(28)24-18(14)26(25-9)19-15-17(21-7-20-15)22-8-23-19/h3-5,7-8,16,27H,6H2,1-2H3,(H,24,28)(H,20,21,22,23)/t16-/m0/s1. The van der Waals surface area contributed by atoms with Crippen LogP contribution in [0.2, 0.25) is 0 Å². The Kier molecular flexibility index (Phi) is 4.31. The average Bonchev–Trinajstić information content (AvgIpc) is 3.29. The van der Waals surface area contributed by atoms with Crippen LogP contribution in [0.5, 0.6) is 11.5 Å². The Hall–Kier alpha value is -3.60. The van der Waals surface area contributed by atoms with Gasteiger partial charge >= 0.3 is 0 Å². The summed E-state index contributed by atoms with van der Waals surface area (Å²) in [5, 5.41) is 17.7. The smallest absolute Gasteiger partial charge is 0.235 e. The van der Waals surface area contributed by atoms with E-state index in [2.05, 4.69) is 30.4 Å². The van der Waals surface area contributed by atoms with Crippen molar-refractivity contribution in [1.82, 2.24) is 29.7 Å². The lowest BCUT2D eigenvalue weighted by Crippen LogP contribution is -2.16. The summed E-state index contributed by atoms with van der Waals surface area (Å²) in [4.78, 5) is 28.2. The van der Waals surface area contributed by atoms with Gasteiger partial charge in [-0.15, -0.1) is 11.8 Å². The fourth-order valence-electron chi connectivity index (χ4n) is 3.58. The molecule has 3 N–H and O–H groups in total. The SMILES string of the molecule is COc1ccc([C@@H]2SCC(=O)Nc3c2c(C)nn3-c2ncnc3nc[nH]c23)cc1O. The maximum atomic E-state index is 12.5. The van der Waals surface area contributed by atoms with Crippen LogP contribution in [0.1, 0.15) is 22.1 Å². The Labute approximate surface area is 174 Å². The second-order valence-corrected chi connectivity index (χ2v) is 7.82. The number of nitrogens with zero attached hydrogens (tertiary/aromatic N) is 5. The molecule has 152 valence electrons. The molecule has 30 heavy (non-hydrogen) atoms. The lowest BCUT2D eigenvalue weighted by molar-refractivity contribution is -0.113. The summed E-state index contributed by atoms with van der Waals surface area (Å²) in [7, 11) is 1.50. The van der Waals surface area contributed by atoms with Crippen molar-refractivity contribution in [2.45, 2.75) is 12.2 Å². The number of benzene rings is 1. The summed E-state index contributed by atoms with van der Waals surface area (Å²) < 4.78 is 6.76. The number of imidazole rings is 1. The van der Waals surface area contributed by atoms with Crippen LogP contribution in [-0.2, 0) is 4.79 Å². The number of amides is 1. The van der Waals surface area contributed by atoms with Gasteiger partial charge in [-0.1, -0.05) is 6.07 Å². The van der Waals surface area contributed by atoms with Gasteiger partial charge in [-0.3, -0.25) is 4.79 Å². The number of thioether (sulfide) groups is 1. The molecule has 0 radical (unpaired) electrons. The topological polar surface area (TPSA) is 131 Å². The number of rotatable bonds is 3. The predicted octanol–water partition coefficient (Wildman–Crippen LogP) is 2.34. The van der Waals surface area contributed by atoms with Gasteiger partial charge in [-0.2, -0.15) is 9.78 Å². The molecular weight excluding hydrogens is 406 g/mol. The maximum absolute atomic E-state index is 12.5. The highest BCUT2D eigenvalue weighted by molar-refractivity contribution is 8.00. The van der Waals surface area contributed by atoms with Crippen LogP contribution in [0, 0.1) is 6.92 Å². The second kappa shape index (κ2) is 7.02. The third kappa shape index (κ3) is 2.86. The Bertz CT molecular complexity index is 1280. The molecule has 3 aromatic heterocycles. The van der Waals surface area contributed by atoms with E-state index >= 15 is 0 Å². The van der Waals surface area contributed by atoms with E-state index in [9.17, 15) is 9.90 Å². The fourth-order valence-corrected chi connectivity index (χ4v) is 4.76. The number of aromatic amines is 1. The molecule has 1 aliphatic rings. The van der Waals surface area contributed by atoms with E-state index in [1.807, 2.05) is 13.0 Å². The third-order valence-electron chi connectivity index (χ3n) is 4.92. The molecule has 1 atom stereocenters. The van der Waals surface area contributed by atoms with Crippen LogP contribution in [0.3, 0.4) is 0 Å². The number of phenols is 1. The van der Waals surface area contributed by atoms with Gasteiger partial charge in [0.05, 0.1) is 30.1 Å². The molecule has 0 unspecified atom stereocenters. The van der Waals surface area contributed by atoms with Crippen LogP contribution in [0.15, 0.2) is 30.9 Å². The van der Waals surface area contributed by atoms with E-state index in [-0.39, 0.29) is 22.7 Å². The number of anilines is 1. The highest BCUT2D eigenvalue weighted by Crippen LogP contribution is 2.45. The number of carbonyl (C=O) groups excluding carboxylic acids is 1. The molecule has 1 aromatic carbocycles. The molecule has 11 heteroatoms. The molecule has 0 fully saturated rings. The molecule has 0 aliphatic carbocycles. The molecule has 1 aliphatic heterocycles. The van der Waals surface area contributed by atoms with E-state index in [4.69, 9.17) is 4.74 Å². The number of aryl methyl sites for hydroxylation is 1. The zero-order valence-electron chi connectivity index (χ0n) is 16.1. The normalized spacial score (nSPS) is 16.2. The lowest BCUT2D eigenvalue weighted by atomic mass is 10.0. The maximum Gasteiger partial charge on any atom is 0.235 e. The first-order chi connectivity index (χ1) is 14.6. The van der Waals surface area contributed by atoms with Crippen molar-refractivity contribution in [2.24, 2.45) is 0 Å². The predicted molar refractivity (Wildman–Crippen MR) is 111 cm³/mol. The van der Waals surface area contributed by atoms with E-state index in [0.29, 0.717) is 28.5 Å². The number of fused-ring (bicyclic) bond motifs is 2. The van der Waals surface area contributed by atoms with Crippen LogP contribution >= 0.6 is 11.8 Å². The Balaban J connectivity index is 1.70. The summed E-state index contributed by atoms with van der Waals surface area (Å²) in [5.41, 5.74) is 3.56. The van der Waals surface area contributed by atoms with Crippen LogP contribution < -0.4 is 10.1 Å². The molecule has 1 amide bonds. The number of ether oxygens (including phenoxy) is 1. The monoisotopic (exact) mass is 423 g/mol. The van der Waals surface area contributed by atoms with Crippen molar-refractivity contribution in [3.8, 4) is 17.3 Å². The van der Waals surface area contributed by atoms with Crippen molar-refractivity contribution in [1.29, 1.82) is 0 Å². The van der Waals surface area contributed by atoms with Gasteiger partial charge in [0.1, 0.15) is 17.7 Å². The Morgan fingerprint density at radius 3 is 2.97 bits per heavy atom. The summed E-state index contributed by atoms with van der Waals surface area (Å²) in [6.45, 7) is 1.88. The molecule has 0 spiro atoms. The molecule has 0 saturated heterocycles. The van der Waals surface area contributed by atoms with Crippen molar-refractivity contribution < 1.29 is 14.6 Å². The molecule has 0 saturated carbocycles. The van der Waals surface area contributed by atoms with Gasteiger partial charge in [-0.25, -0.2) is 15.0 Å². The molecule has 4 aromatic rings. The minimum atomic E-state index is -0.219. The van der Waals surface area contributed by atoms with Crippen molar-refractivity contribution in [3.63, 3.8) is 0 Å². The molecule has 0 bridgehead atoms. The second-order valence-electron chi connectivity index (χ2n) is 6.73. The first-order valence-electron chi connectivity index (χ1n) is 9.09. The number of phenolic OH excluding ortho intramolecular Hbond substituents is 1. The fraction of sp³-hybridized carbons (Fsp3) is 0.211. The van der Waals surface area contributed by atoms with Gasteiger partial charge in [-0.05, 0) is 24.6 Å². The number of hydrogen-bond acceptors (Lipinski definition) is 8. The quantitative estimate of drug-likeness (QED) is 0.458. The molecule has 10 nitrogen and oxygen atoms in total. The summed E-state index contributed by atoms with van der Waals surface area (Å²) in [5.74, 6) is 1.58. The van der Waals surface area contributed by atoms with Crippen LogP contribution in [0.25, 0.3) is 17.0 Å². The van der Waals surface area contributed by atoms with Crippen molar-refractivity contribution in [3.05, 3.63) is 47.7 Å². The highest BCUT2D eigenvalue weighted by Gasteiger charge is 2.32. The number of hydrogen-bond donors (Lipinski definition) is 3. The molecular formula is C19H17N7O3S. The summed E-state index contributed by atoms with van der Waals surface area (Å²) in [6.07, 6.45) is 2.95. The van der Waals surface area contributed by atoms with E-state index in [1.165, 1.54) is 31.5 Å². The molecule has 4 heterocycles. The zero-order chi connectivity index (χ0) is 20.8. The van der Waals surface area contributed by atoms with Crippen molar-refractivity contribution in [2.75, 3.05) is 18.2 Å². The third-order valence-corrected chi connectivity index (χ3v) is 6.19. The number of carbonyl (C=O) groups is 1. The Morgan fingerprint density at radius 2 is 2.17 bits per heavy atom. The Morgan fingerprint density at radius 1 is 1.30 bits per heavy atom. The van der Waals surface area contributed by atoms with Gasteiger partial charge in [0.25, 0.3) is 0 Å². The van der Waals surface area contributed by atoms with E-state index in [1.54, 1.807) is 16.8 Å². The molecule has 5 rings (SSSR count). The minimum Gasteiger partial charge on any atom is -0.504 e. The summed E-state index contributed by atoms with van der Waals surface area (Å²) >= 11 is 1.47. The first-order valence-corrected chi connectivity index (χ1v) is 10.1. The van der Waals surface area contributed by atoms with Gasteiger partial charge < -0.3 is 20.1 Å². The van der Waals surface area contributed by atoms with Crippen molar-refractivity contribution >= 4 is 34.7 Å².